The summed E-state index contributed by atoms with van der Waals surface area (Å²) in [4.78, 5) is 53.0. The van der Waals surface area contributed by atoms with Crippen LogP contribution in [0.25, 0.3) is 0 Å². The van der Waals surface area contributed by atoms with Crippen LogP contribution >= 0.6 is 0 Å². The van der Waals surface area contributed by atoms with Crippen molar-refractivity contribution in [2.45, 2.75) is 0 Å². The van der Waals surface area contributed by atoms with Crippen molar-refractivity contribution in [3.05, 3.63) is 59.9 Å². The van der Waals surface area contributed by atoms with Crippen molar-refractivity contribution in [2.75, 3.05) is 12.0 Å². The maximum atomic E-state index is 13.1. The molecule has 1 fully saturated rings. The molecule has 1 atom stereocenters. The number of carbonyl (C=O) groups excluding carboxylic acids is 4. The standard InChI is InChI=1S/C19H14FN3O5/c1-28-18(26)11-2-6-13(7-3-11)21-10-15-16(24)22-19(27)23(17(15)25)14-8-4-12(20)5-9-14/h2-10,15H,1H3,(H,22,24,27)/t15-/m1/s1. The third-order valence-corrected chi connectivity index (χ3v) is 3.95. The predicted octanol–water partition coefficient (Wildman–Crippen LogP) is 2.21. The molecule has 0 spiro atoms. The molecule has 2 aromatic carbocycles. The van der Waals surface area contributed by atoms with E-state index >= 15 is 0 Å². The van der Waals surface area contributed by atoms with Crippen molar-refractivity contribution < 1.29 is 28.3 Å². The van der Waals surface area contributed by atoms with E-state index in [0.717, 1.165) is 23.2 Å². The van der Waals surface area contributed by atoms with Gasteiger partial charge in [0.15, 0.2) is 5.92 Å². The second kappa shape index (κ2) is 7.78. The summed E-state index contributed by atoms with van der Waals surface area (Å²) in [5, 5.41) is 2.07. The van der Waals surface area contributed by atoms with E-state index in [1.807, 2.05) is 0 Å². The summed E-state index contributed by atoms with van der Waals surface area (Å²) in [5.41, 5.74) is 0.830. The molecule has 0 bridgehead atoms. The lowest BCUT2D eigenvalue weighted by atomic mass is 10.1. The summed E-state index contributed by atoms with van der Waals surface area (Å²) in [5.74, 6) is -4.01. The van der Waals surface area contributed by atoms with E-state index in [1.54, 1.807) is 0 Å². The number of amides is 4. The van der Waals surface area contributed by atoms with E-state index in [1.165, 1.54) is 43.5 Å². The maximum absolute atomic E-state index is 13.1. The highest BCUT2D eigenvalue weighted by Gasteiger charge is 2.40. The van der Waals surface area contributed by atoms with E-state index in [-0.39, 0.29) is 5.69 Å². The number of barbiturate groups is 1. The number of nitrogens with zero attached hydrogens (tertiary/aromatic N) is 2. The summed E-state index contributed by atoms with van der Waals surface area (Å²) in [6.07, 6.45) is 1.10. The lowest BCUT2D eigenvalue weighted by Gasteiger charge is -2.28. The lowest BCUT2D eigenvalue weighted by molar-refractivity contribution is -0.131. The molecule has 1 heterocycles. The number of urea groups is 1. The van der Waals surface area contributed by atoms with Crippen molar-refractivity contribution in [1.29, 1.82) is 0 Å². The van der Waals surface area contributed by atoms with Crippen molar-refractivity contribution in [1.82, 2.24) is 5.32 Å². The highest BCUT2D eigenvalue weighted by Crippen LogP contribution is 2.21. The summed E-state index contributed by atoms with van der Waals surface area (Å²) in [6, 6.07) is 9.76. The zero-order chi connectivity index (χ0) is 20.3. The van der Waals surface area contributed by atoms with Gasteiger partial charge in [0.25, 0.3) is 5.91 Å². The molecule has 1 saturated heterocycles. The number of nitrogens with one attached hydrogen (secondary N) is 1. The fraction of sp³-hybridized carbons (Fsp3) is 0.105. The van der Waals surface area contributed by atoms with E-state index in [2.05, 4.69) is 15.0 Å². The molecule has 8 nitrogen and oxygen atoms in total. The molecule has 1 N–H and O–H groups in total. The highest BCUT2D eigenvalue weighted by atomic mass is 19.1. The Labute approximate surface area is 158 Å². The zero-order valence-corrected chi connectivity index (χ0v) is 14.6. The molecule has 0 aliphatic carbocycles. The minimum absolute atomic E-state index is 0.122. The maximum Gasteiger partial charge on any atom is 0.337 e. The normalized spacial score (nSPS) is 17.0. The van der Waals surface area contributed by atoms with Crippen LogP contribution in [0.3, 0.4) is 0 Å². The number of methoxy groups -OCH3 is 1. The van der Waals surface area contributed by atoms with E-state index < -0.39 is 35.5 Å². The highest BCUT2D eigenvalue weighted by molar-refractivity contribution is 6.32. The fourth-order valence-electron chi connectivity index (χ4n) is 2.52. The van der Waals surface area contributed by atoms with Crippen LogP contribution in [-0.2, 0) is 14.3 Å². The SMILES string of the molecule is COC(=O)c1ccc(N=C[C@@H]2C(=O)NC(=O)N(c3ccc(F)cc3)C2=O)cc1. The minimum Gasteiger partial charge on any atom is -0.465 e. The second-order valence-corrected chi connectivity index (χ2v) is 5.74. The Hall–Kier alpha value is -3.88. The molecule has 9 heteroatoms. The van der Waals surface area contributed by atoms with Gasteiger partial charge in [-0.2, -0.15) is 0 Å². The van der Waals surface area contributed by atoms with Crippen LogP contribution in [0.4, 0.5) is 20.6 Å². The number of rotatable bonds is 4. The molecule has 0 radical (unpaired) electrons. The van der Waals surface area contributed by atoms with Crippen molar-refractivity contribution in [3.63, 3.8) is 0 Å². The van der Waals surface area contributed by atoms with Gasteiger partial charge in [-0.25, -0.2) is 18.9 Å². The Balaban J connectivity index is 1.82. The van der Waals surface area contributed by atoms with Crippen LogP contribution in [0.1, 0.15) is 10.4 Å². The molecule has 0 aromatic heterocycles. The second-order valence-electron chi connectivity index (χ2n) is 5.74. The molecular weight excluding hydrogens is 369 g/mol. The van der Waals surface area contributed by atoms with Gasteiger partial charge in [-0.3, -0.25) is 19.9 Å². The number of imide groups is 2. The molecular formula is C19H14FN3O5. The van der Waals surface area contributed by atoms with Crippen LogP contribution in [0.15, 0.2) is 53.5 Å². The van der Waals surface area contributed by atoms with Crippen LogP contribution in [0, 0.1) is 11.7 Å². The number of carbonyl (C=O) groups is 4. The number of halogens is 1. The first-order valence-corrected chi connectivity index (χ1v) is 8.07. The summed E-state index contributed by atoms with van der Waals surface area (Å²) in [6.45, 7) is 0. The number of anilines is 1. The third kappa shape index (κ3) is 3.78. The van der Waals surface area contributed by atoms with E-state index in [9.17, 15) is 23.6 Å². The van der Waals surface area contributed by atoms with Crippen LogP contribution in [0.5, 0.6) is 0 Å². The van der Waals surface area contributed by atoms with Crippen LogP contribution in [0.2, 0.25) is 0 Å². The summed E-state index contributed by atoms with van der Waals surface area (Å²) < 4.78 is 17.7. The molecule has 4 amide bonds. The molecule has 0 unspecified atom stereocenters. The first-order chi connectivity index (χ1) is 13.4. The Morgan fingerprint density at radius 1 is 1.11 bits per heavy atom. The summed E-state index contributed by atoms with van der Waals surface area (Å²) >= 11 is 0. The topological polar surface area (TPSA) is 105 Å². The average molecular weight is 383 g/mol. The predicted molar refractivity (Wildman–Crippen MR) is 96.8 cm³/mol. The van der Waals surface area contributed by atoms with Gasteiger partial charge in [-0.15, -0.1) is 0 Å². The molecule has 1 aliphatic rings. The number of hydrogen-bond acceptors (Lipinski definition) is 6. The quantitative estimate of drug-likeness (QED) is 0.495. The van der Waals surface area contributed by atoms with Crippen LogP contribution < -0.4 is 10.2 Å². The van der Waals surface area contributed by atoms with Crippen molar-refractivity contribution >= 4 is 41.4 Å². The van der Waals surface area contributed by atoms with E-state index in [4.69, 9.17) is 0 Å². The molecule has 1 aliphatic heterocycles. The Kier molecular flexibility index (Phi) is 5.25. The molecule has 28 heavy (non-hydrogen) atoms. The van der Waals surface area contributed by atoms with Crippen molar-refractivity contribution in [3.8, 4) is 0 Å². The number of benzene rings is 2. The summed E-state index contributed by atoms with van der Waals surface area (Å²) in [7, 11) is 1.26. The van der Waals surface area contributed by atoms with Gasteiger partial charge in [-0.1, -0.05) is 0 Å². The first-order valence-electron chi connectivity index (χ1n) is 8.07. The average Bonchev–Trinajstić information content (AvgIpc) is 2.69. The van der Waals surface area contributed by atoms with Crippen molar-refractivity contribution in [2.24, 2.45) is 10.9 Å². The van der Waals surface area contributed by atoms with Gasteiger partial charge < -0.3 is 4.74 Å². The lowest BCUT2D eigenvalue weighted by Crippen LogP contribution is -2.58. The van der Waals surface area contributed by atoms with Gasteiger partial charge >= 0.3 is 12.0 Å². The van der Waals surface area contributed by atoms with Gasteiger partial charge in [0.2, 0.25) is 5.91 Å². The Morgan fingerprint density at radius 2 is 1.75 bits per heavy atom. The fourth-order valence-corrected chi connectivity index (χ4v) is 2.52. The smallest absolute Gasteiger partial charge is 0.337 e. The number of aliphatic imine (C=N–C) groups is 1. The minimum atomic E-state index is -1.34. The molecule has 0 saturated carbocycles. The molecule has 142 valence electrons. The number of esters is 1. The van der Waals surface area contributed by atoms with Gasteiger partial charge in [0.05, 0.1) is 24.0 Å². The van der Waals surface area contributed by atoms with Gasteiger partial charge in [0, 0.05) is 6.21 Å². The monoisotopic (exact) mass is 383 g/mol. The largest absolute Gasteiger partial charge is 0.465 e. The van der Waals surface area contributed by atoms with Gasteiger partial charge in [-0.05, 0) is 48.5 Å². The number of hydrogen-bond donors (Lipinski definition) is 1. The first kappa shape index (κ1) is 18.9. The molecule has 2 aromatic rings. The molecule has 3 rings (SSSR count). The number of ether oxygens (including phenoxy) is 1. The van der Waals surface area contributed by atoms with E-state index in [0.29, 0.717) is 11.3 Å². The Bertz CT molecular complexity index is 970. The zero-order valence-electron chi connectivity index (χ0n) is 14.6. The Morgan fingerprint density at radius 3 is 2.36 bits per heavy atom. The third-order valence-electron chi connectivity index (χ3n) is 3.95. The van der Waals surface area contributed by atoms with Gasteiger partial charge in [0.1, 0.15) is 5.82 Å². The van der Waals surface area contributed by atoms with Crippen LogP contribution in [-0.4, -0.2) is 37.1 Å².